The van der Waals surface area contributed by atoms with Crippen molar-refractivity contribution >= 4 is 17.2 Å². The highest BCUT2D eigenvalue weighted by molar-refractivity contribution is 6.06. The largest absolute Gasteiger partial charge is 0.368 e. The van der Waals surface area contributed by atoms with Crippen molar-refractivity contribution in [1.29, 1.82) is 0 Å². The first-order chi connectivity index (χ1) is 13.6. The van der Waals surface area contributed by atoms with Crippen LogP contribution in [0.5, 0.6) is 0 Å². The Balaban J connectivity index is 1.46. The summed E-state index contributed by atoms with van der Waals surface area (Å²) in [6.45, 7) is 6.64. The standard InChI is InChI=1S/C23H30N4O/c1-17-7-3-5-13-26(17)19-9-11-21(24-15-19)23(28)22-12-10-20(16-25-22)27-14-6-4-8-18(27)2/h9-12,15-18H,3-8,13-14H2,1-2H3. The second kappa shape index (κ2) is 8.29. The third-order valence-electron chi connectivity index (χ3n) is 6.23. The summed E-state index contributed by atoms with van der Waals surface area (Å²) in [5.41, 5.74) is 3.12. The molecule has 2 atom stereocenters. The van der Waals surface area contributed by atoms with Crippen molar-refractivity contribution in [2.45, 2.75) is 64.5 Å². The molecule has 0 aromatic carbocycles. The molecule has 0 aliphatic carbocycles. The van der Waals surface area contributed by atoms with E-state index in [2.05, 4.69) is 33.6 Å². The van der Waals surface area contributed by atoms with E-state index in [0.717, 1.165) is 24.5 Å². The molecule has 2 aromatic rings. The topological polar surface area (TPSA) is 49.3 Å². The number of rotatable bonds is 4. The Kier molecular flexibility index (Phi) is 5.60. The lowest BCUT2D eigenvalue weighted by Crippen LogP contribution is -2.37. The summed E-state index contributed by atoms with van der Waals surface area (Å²) in [6.07, 6.45) is 11.1. The first-order valence-corrected chi connectivity index (χ1v) is 10.6. The van der Waals surface area contributed by atoms with Gasteiger partial charge in [-0.3, -0.25) is 14.8 Å². The minimum absolute atomic E-state index is 0.114. The van der Waals surface area contributed by atoms with Gasteiger partial charge in [-0.2, -0.15) is 0 Å². The Morgan fingerprint density at radius 3 is 1.61 bits per heavy atom. The molecular weight excluding hydrogens is 348 g/mol. The smallest absolute Gasteiger partial charge is 0.229 e. The zero-order valence-electron chi connectivity index (χ0n) is 17.0. The van der Waals surface area contributed by atoms with Crippen LogP contribution in [0.4, 0.5) is 11.4 Å². The highest BCUT2D eigenvalue weighted by atomic mass is 16.1. The number of piperidine rings is 2. The van der Waals surface area contributed by atoms with Crippen LogP contribution in [0.2, 0.25) is 0 Å². The van der Waals surface area contributed by atoms with Gasteiger partial charge in [0.05, 0.1) is 23.8 Å². The first kappa shape index (κ1) is 18.9. The van der Waals surface area contributed by atoms with Crippen LogP contribution in [0.25, 0.3) is 0 Å². The molecule has 2 saturated heterocycles. The molecule has 4 rings (SSSR count). The SMILES string of the molecule is CC1CCCCN1c1ccc(C(=O)c2ccc(N3CCCCC3C)cn2)nc1. The maximum Gasteiger partial charge on any atom is 0.229 e. The van der Waals surface area contributed by atoms with Gasteiger partial charge >= 0.3 is 0 Å². The number of carbonyl (C=O) groups excluding carboxylic acids is 1. The molecule has 2 aromatic heterocycles. The van der Waals surface area contributed by atoms with Gasteiger partial charge in [0.2, 0.25) is 5.78 Å². The summed E-state index contributed by atoms with van der Waals surface area (Å²) in [5.74, 6) is -0.114. The van der Waals surface area contributed by atoms with E-state index in [1.165, 1.54) is 38.5 Å². The van der Waals surface area contributed by atoms with Gasteiger partial charge in [0.15, 0.2) is 0 Å². The van der Waals surface area contributed by atoms with Gasteiger partial charge < -0.3 is 9.80 Å². The van der Waals surface area contributed by atoms with E-state index in [-0.39, 0.29) is 5.78 Å². The van der Waals surface area contributed by atoms with Crippen LogP contribution < -0.4 is 9.80 Å². The van der Waals surface area contributed by atoms with Crippen molar-refractivity contribution in [3.8, 4) is 0 Å². The fraction of sp³-hybridized carbons (Fsp3) is 0.522. The van der Waals surface area contributed by atoms with Gasteiger partial charge in [0, 0.05) is 25.2 Å². The molecule has 5 heteroatoms. The van der Waals surface area contributed by atoms with Gasteiger partial charge in [-0.15, -0.1) is 0 Å². The third kappa shape index (κ3) is 3.89. The van der Waals surface area contributed by atoms with Crippen LogP contribution in [-0.2, 0) is 0 Å². The summed E-state index contributed by atoms with van der Waals surface area (Å²) in [6, 6.07) is 8.77. The molecule has 0 radical (unpaired) electrons. The van der Waals surface area contributed by atoms with Crippen molar-refractivity contribution < 1.29 is 4.79 Å². The minimum Gasteiger partial charge on any atom is -0.368 e. The van der Waals surface area contributed by atoms with E-state index in [9.17, 15) is 4.79 Å². The Morgan fingerprint density at radius 1 is 0.786 bits per heavy atom. The number of nitrogens with zero attached hydrogens (tertiary/aromatic N) is 4. The predicted molar refractivity (Wildman–Crippen MR) is 113 cm³/mol. The first-order valence-electron chi connectivity index (χ1n) is 10.6. The zero-order chi connectivity index (χ0) is 19.5. The van der Waals surface area contributed by atoms with E-state index in [0.29, 0.717) is 23.5 Å². The summed E-state index contributed by atoms with van der Waals surface area (Å²) >= 11 is 0. The van der Waals surface area contributed by atoms with Crippen LogP contribution in [-0.4, -0.2) is 40.9 Å². The van der Waals surface area contributed by atoms with Crippen molar-refractivity contribution in [3.63, 3.8) is 0 Å². The van der Waals surface area contributed by atoms with E-state index in [1.54, 1.807) is 0 Å². The molecule has 5 nitrogen and oxygen atoms in total. The zero-order valence-corrected chi connectivity index (χ0v) is 17.0. The maximum atomic E-state index is 12.8. The number of ketones is 1. The predicted octanol–water partition coefficient (Wildman–Crippen LogP) is 4.47. The molecule has 28 heavy (non-hydrogen) atoms. The molecule has 148 valence electrons. The van der Waals surface area contributed by atoms with Gasteiger partial charge in [-0.25, -0.2) is 0 Å². The number of hydrogen-bond acceptors (Lipinski definition) is 5. The Morgan fingerprint density at radius 2 is 1.25 bits per heavy atom. The molecule has 0 amide bonds. The molecule has 2 aliphatic rings. The number of anilines is 2. The number of aromatic nitrogens is 2. The van der Waals surface area contributed by atoms with E-state index >= 15 is 0 Å². The summed E-state index contributed by atoms with van der Waals surface area (Å²) < 4.78 is 0. The quantitative estimate of drug-likeness (QED) is 0.735. The van der Waals surface area contributed by atoms with Crippen LogP contribution in [0.15, 0.2) is 36.7 Å². The fourth-order valence-corrected chi connectivity index (χ4v) is 4.48. The molecule has 0 bridgehead atoms. The second-order valence-corrected chi connectivity index (χ2v) is 8.21. The summed E-state index contributed by atoms with van der Waals surface area (Å²) in [7, 11) is 0. The van der Waals surface area contributed by atoms with E-state index in [1.807, 2.05) is 36.7 Å². The minimum atomic E-state index is -0.114. The lowest BCUT2D eigenvalue weighted by molar-refractivity contribution is 0.103. The van der Waals surface area contributed by atoms with Crippen LogP contribution >= 0.6 is 0 Å². The molecule has 2 aliphatic heterocycles. The Bertz CT molecular complexity index is 735. The van der Waals surface area contributed by atoms with Gasteiger partial charge in [0.25, 0.3) is 0 Å². The fourth-order valence-electron chi connectivity index (χ4n) is 4.48. The second-order valence-electron chi connectivity index (χ2n) is 8.21. The van der Waals surface area contributed by atoms with Crippen molar-refractivity contribution in [2.24, 2.45) is 0 Å². The monoisotopic (exact) mass is 378 g/mol. The number of hydrogen-bond donors (Lipinski definition) is 0. The van der Waals surface area contributed by atoms with Crippen molar-refractivity contribution in [1.82, 2.24) is 9.97 Å². The molecule has 0 saturated carbocycles. The maximum absolute atomic E-state index is 12.8. The molecular formula is C23H30N4O. The molecule has 0 N–H and O–H groups in total. The lowest BCUT2D eigenvalue weighted by atomic mass is 10.0. The number of pyridine rings is 2. The van der Waals surface area contributed by atoms with Gasteiger partial charge in [-0.05, 0) is 76.6 Å². The lowest BCUT2D eigenvalue weighted by Gasteiger charge is -2.35. The van der Waals surface area contributed by atoms with E-state index in [4.69, 9.17) is 0 Å². The van der Waals surface area contributed by atoms with Crippen LogP contribution in [0, 0.1) is 0 Å². The molecule has 0 spiro atoms. The summed E-state index contributed by atoms with van der Waals surface area (Å²) in [4.78, 5) is 26.5. The average molecular weight is 379 g/mol. The number of carbonyl (C=O) groups is 1. The molecule has 2 fully saturated rings. The normalized spacial score (nSPS) is 22.9. The van der Waals surface area contributed by atoms with Crippen molar-refractivity contribution in [3.05, 3.63) is 48.0 Å². The highest BCUT2D eigenvalue weighted by Crippen LogP contribution is 2.26. The van der Waals surface area contributed by atoms with Crippen molar-refractivity contribution in [2.75, 3.05) is 22.9 Å². The highest BCUT2D eigenvalue weighted by Gasteiger charge is 2.21. The van der Waals surface area contributed by atoms with Crippen LogP contribution in [0.3, 0.4) is 0 Å². The van der Waals surface area contributed by atoms with Gasteiger partial charge in [-0.1, -0.05) is 0 Å². The molecule has 4 heterocycles. The van der Waals surface area contributed by atoms with E-state index < -0.39 is 0 Å². The Labute approximate surface area is 167 Å². The Hall–Kier alpha value is -2.43. The summed E-state index contributed by atoms with van der Waals surface area (Å²) in [5, 5.41) is 0. The average Bonchev–Trinajstić information content (AvgIpc) is 2.74. The van der Waals surface area contributed by atoms with Crippen LogP contribution in [0.1, 0.15) is 68.6 Å². The third-order valence-corrected chi connectivity index (χ3v) is 6.23. The van der Waals surface area contributed by atoms with Gasteiger partial charge in [0.1, 0.15) is 11.4 Å². The molecule has 2 unspecified atom stereocenters.